The number of carbonyl (C=O) groups is 1. The minimum Gasteiger partial charge on any atom is -0.464 e. The molecule has 0 aliphatic heterocycles. The number of hydrogen-bond acceptors (Lipinski definition) is 3. The molecule has 1 amide bonds. The van der Waals surface area contributed by atoms with Gasteiger partial charge in [0.25, 0.3) is 0 Å². The van der Waals surface area contributed by atoms with Crippen LogP contribution in [0.25, 0.3) is 11.0 Å². The van der Waals surface area contributed by atoms with Gasteiger partial charge in [-0.2, -0.15) is 5.10 Å². The summed E-state index contributed by atoms with van der Waals surface area (Å²) in [4.78, 5) is 12.4. The van der Waals surface area contributed by atoms with Gasteiger partial charge in [0.1, 0.15) is 5.58 Å². The standard InChI is InChI=1S/C23H23N3O2/c1-2-17-8-9-21-20(16-28-22(21)12-17)13-23(27)24-14-18-4-6-19(7-5-18)15-26-11-3-10-25-26/h3-12,16H,2,13-15H2,1H3,(H,24,27). The lowest BCUT2D eigenvalue weighted by Gasteiger charge is -2.07. The number of fused-ring (bicyclic) bond motifs is 1. The summed E-state index contributed by atoms with van der Waals surface area (Å²) in [7, 11) is 0. The molecule has 0 bridgehead atoms. The average Bonchev–Trinajstić information content (AvgIpc) is 3.37. The first-order chi connectivity index (χ1) is 13.7. The Morgan fingerprint density at radius 2 is 1.89 bits per heavy atom. The minimum absolute atomic E-state index is 0.0112. The van der Waals surface area contributed by atoms with Crippen LogP contribution in [0.5, 0.6) is 0 Å². The van der Waals surface area contributed by atoms with Gasteiger partial charge in [-0.3, -0.25) is 9.48 Å². The normalized spacial score (nSPS) is 11.0. The van der Waals surface area contributed by atoms with Crippen molar-refractivity contribution in [2.24, 2.45) is 0 Å². The molecule has 2 aromatic heterocycles. The fraction of sp³-hybridized carbons (Fsp3) is 0.217. The molecule has 0 spiro atoms. The number of carbonyl (C=O) groups excluding carboxylic acids is 1. The van der Waals surface area contributed by atoms with Crippen molar-refractivity contribution >= 4 is 16.9 Å². The quantitative estimate of drug-likeness (QED) is 0.531. The molecule has 5 nitrogen and oxygen atoms in total. The molecule has 0 saturated carbocycles. The Morgan fingerprint density at radius 1 is 1.11 bits per heavy atom. The molecule has 0 radical (unpaired) electrons. The number of aromatic nitrogens is 2. The average molecular weight is 373 g/mol. The SMILES string of the molecule is CCc1ccc2c(CC(=O)NCc3ccc(Cn4cccn4)cc3)coc2c1. The second-order valence-electron chi connectivity index (χ2n) is 6.92. The third-order valence-electron chi connectivity index (χ3n) is 4.90. The van der Waals surface area contributed by atoms with Gasteiger partial charge in [-0.1, -0.05) is 43.3 Å². The molecule has 1 N–H and O–H groups in total. The number of rotatable bonds is 7. The molecule has 4 rings (SSSR count). The van der Waals surface area contributed by atoms with Crippen molar-refractivity contribution < 1.29 is 9.21 Å². The van der Waals surface area contributed by atoms with E-state index in [1.54, 1.807) is 12.5 Å². The Kier molecular flexibility index (Phi) is 5.24. The Bertz CT molecular complexity index is 1060. The Labute approximate surface area is 164 Å². The highest BCUT2D eigenvalue weighted by atomic mass is 16.3. The van der Waals surface area contributed by atoms with Crippen molar-refractivity contribution in [1.82, 2.24) is 15.1 Å². The van der Waals surface area contributed by atoms with Crippen molar-refractivity contribution in [3.05, 3.63) is 89.4 Å². The summed E-state index contributed by atoms with van der Waals surface area (Å²) in [6, 6.07) is 16.3. The lowest BCUT2D eigenvalue weighted by atomic mass is 10.1. The summed E-state index contributed by atoms with van der Waals surface area (Å²) in [5.41, 5.74) is 5.24. The summed E-state index contributed by atoms with van der Waals surface area (Å²) in [6.07, 6.45) is 6.68. The Morgan fingerprint density at radius 3 is 2.64 bits per heavy atom. The zero-order chi connectivity index (χ0) is 19.3. The van der Waals surface area contributed by atoms with Crippen molar-refractivity contribution in [2.45, 2.75) is 32.9 Å². The zero-order valence-corrected chi connectivity index (χ0v) is 15.9. The predicted molar refractivity (Wildman–Crippen MR) is 109 cm³/mol. The van der Waals surface area contributed by atoms with E-state index in [1.807, 2.05) is 41.2 Å². The van der Waals surface area contributed by atoms with E-state index in [0.29, 0.717) is 13.0 Å². The van der Waals surface area contributed by atoms with Crippen molar-refractivity contribution in [3.8, 4) is 0 Å². The van der Waals surface area contributed by atoms with E-state index in [4.69, 9.17) is 4.42 Å². The molecular weight excluding hydrogens is 350 g/mol. The molecule has 2 heterocycles. The molecule has 4 aromatic rings. The van der Waals surface area contributed by atoms with Gasteiger partial charge in [-0.15, -0.1) is 0 Å². The van der Waals surface area contributed by atoms with Crippen LogP contribution < -0.4 is 5.32 Å². The summed E-state index contributed by atoms with van der Waals surface area (Å²) >= 11 is 0. The van der Waals surface area contributed by atoms with Gasteiger partial charge in [-0.25, -0.2) is 0 Å². The van der Waals surface area contributed by atoms with E-state index in [9.17, 15) is 4.79 Å². The predicted octanol–water partition coefficient (Wildman–Crippen LogP) is 4.10. The Hall–Kier alpha value is -3.34. The Balaban J connectivity index is 1.33. The molecule has 142 valence electrons. The number of aryl methyl sites for hydroxylation is 1. The number of amides is 1. The molecule has 0 saturated heterocycles. The number of hydrogen-bond donors (Lipinski definition) is 1. The second-order valence-corrected chi connectivity index (χ2v) is 6.92. The minimum atomic E-state index is -0.0112. The van der Waals surface area contributed by atoms with Crippen molar-refractivity contribution in [2.75, 3.05) is 0 Å². The molecule has 0 aliphatic rings. The van der Waals surface area contributed by atoms with Crippen LogP contribution >= 0.6 is 0 Å². The van der Waals surface area contributed by atoms with E-state index in [0.717, 1.165) is 35.1 Å². The van der Waals surface area contributed by atoms with E-state index < -0.39 is 0 Å². The van der Waals surface area contributed by atoms with Crippen molar-refractivity contribution in [1.29, 1.82) is 0 Å². The van der Waals surface area contributed by atoms with Crippen LogP contribution in [-0.4, -0.2) is 15.7 Å². The van der Waals surface area contributed by atoms with E-state index in [2.05, 4.69) is 35.5 Å². The maximum atomic E-state index is 12.4. The van der Waals surface area contributed by atoms with Crippen molar-refractivity contribution in [3.63, 3.8) is 0 Å². The monoisotopic (exact) mass is 373 g/mol. The third kappa shape index (κ3) is 4.14. The summed E-state index contributed by atoms with van der Waals surface area (Å²) in [6.45, 7) is 3.37. The number of nitrogens with one attached hydrogen (secondary N) is 1. The lowest BCUT2D eigenvalue weighted by Crippen LogP contribution is -2.24. The topological polar surface area (TPSA) is 60.1 Å². The number of benzene rings is 2. The maximum Gasteiger partial charge on any atom is 0.224 e. The number of furan rings is 1. The first-order valence-corrected chi connectivity index (χ1v) is 9.52. The van der Waals surface area contributed by atoms with Gasteiger partial charge < -0.3 is 9.73 Å². The van der Waals surface area contributed by atoms with Crippen LogP contribution in [0.3, 0.4) is 0 Å². The largest absolute Gasteiger partial charge is 0.464 e. The van der Waals surface area contributed by atoms with Crippen LogP contribution in [-0.2, 0) is 30.7 Å². The summed E-state index contributed by atoms with van der Waals surface area (Å²) < 4.78 is 7.51. The molecule has 0 fully saturated rings. The van der Waals surface area contributed by atoms with Gasteiger partial charge in [0.05, 0.1) is 19.2 Å². The first-order valence-electron chi connectivity index (χ1n) is 9.52. The third-order valence-corrected chi connectivity index (χ3v) is 4.90. The van der Waals surface area contributed by atoms with Gasteiger partial charge in [-0.05, 0) is 35.2 Å². The second kappa shape index (κ2) is 8.13. The van der Waals surface area contributed by atoms with Gasteiger partial charge in [0.15, 0.2) is 0 Å². The molecule has 0 aliphatic carbocycles. The molecular formula is C23H23N3O2. The number of nitrogens with zero attached hydrogens (tertiary/aromatic N) is 2. The van der Waals surface area contributed by atoms with E-state index in [-0.39, 0.29) is 5.91 Å². The lowest BCUT2D eigenvalue weighted by molar-refractivity contribution is -0.120. The first kappa shape index (κ1) is 18.0. The molecule has 0 atom stereocenters. The van der Waals surface area contributed by atoms with Crippen LogP contribution in [0.4, 0.5) is 0 Å². The van der Waals surface area contributed by atoms with E-state index in [1.165, 1.54) is 11.1 Å². The molecule has 2 aromatic carbocycles. The highest BCUT2D eigenvalue weighted by Gasteiger charge is 2.11. The molecule has 5 heteroatoms. The molecule has 0 unspecified atom stereocenters. The van der Waals surface area contributed by atoms with Gasteiger partial charge in [0, 0.05) is 29.9 Å². The molecule has 28 heavy (non-hydrogen) atoms. The fourth-order valence-electron chi connectivity index (χ4n) is 3.26. The van der Waals surface area contributed by atoms with Gasteiger partial charge >= 0.3 is 0 Å². The highest BCUT2D eigenvalue weighted by Crippen LogP contribution is 2.23. The highest BCUT2D eigenvalue weighted by molar-refractivity contribution is 5.87. The zero-order valence-electron chi connectivity index (χ0n) is 15.9. The summed E-state index contributed by atoms with van der Waals surface area (Å²) in [5, 5.41) is 8.21. The maximum absolute atomic E-state index is 12.4. The van der Waals surface area contributed by atoms with Crippen LogP contribution in [0.1, 0.15) is 29.2 Å². The van der Waals surface area contributed by atoms with E-state index >= 15 is 0 Å². The van der Waals surface area contributed by atoms with Crippen LogP contribution in [0.15, 0.2) is 71.6 Å². The smallest absolute Gasteiger partial charge is 0.224 e. The van der Waals surface area contributed by atoms with Crippen LogP contribution in [0, 0.1) is 0 Å². The van der Waals surface area contributed by atoms with Gasteiger partial charge in [0.2, 0.25) is 5.91 Å². The summed E-state index contributed by atoms with van der Waals surface area (Å²) in [5.74, 6) is -0.0112. The van der Waals surface area contributed by atoms with Crippen LogP contribution in [0.2, 0.25) is 0 Å². The fourth-order valence-corrected chi connectivity index (χ4v) is 3.26.